The molecule has 130 valence electrons. The summed E-state index contributed by atoms with van der Waals surface area (Å²) in [7, 11) is 0. The number of halogens is 1. The van der Waals surface area contributed by atoms with E-state index in [1.807, 2.05) is 0 Å². The fourth-order valence-corrected chi connectivity index (χ4v) is 2.85. The zero-order chi connectivity index (χ0) is 17.8. The Morgan fingerprint density at radius 2 is 2.08 bits per heavy atom. The molecule has 0 atom stereocenters. The molecule has 3 rings (SSSR count). The number of nitro benzene ring substituents is 1. The van der Waals surface area contributed by atoms with Crippen LogP contribution in [0.15, 0.2) is 36.8 Å². The first-order valence-corrected chi connectivity index (χ1v) is 8.08. The maximum absolute atomic E-state index is 12.6. The highest BCUT2D eigenvalue weighted by atomic mass is 35.5. The fourth-order valence-electron chi connectivity index (χ4n) is 2.65. The Morgan fingerprint density at radius 3 is 2.72 bits per heavy atom. The van der Waals surface area contributed by atoms with Gasteiger partial charge in [-0.3, -0.25) is 19.9 Å². The average molecular weight is 363 g/mol. The van der Waals surface area contributed by atoms with E-state index in [2.05, 4.69) is 9.97 Å². The van der Waals surface area contributed by atoms with Crippen LogP contribution in [0.25, 0.3) is 0 Å². The van der Waals surface area contributed by atoms with Gasteiger partial charge < -0.3 is 9.64 Å². The van der Waals surface area contributed by atoms with Crippen LogP contribution in [0.1, 0.15) is 23.2 Å². The van der Waals surface area contributed by atoms with E-state index >= 15 is 0 Å². The van der Waals surface area contributed by atoms with Gasteiger partial charge in [0.05, 0.1) is 21.7 Å². The van der Waals surface area contributed by atoms with Crippen LogP contribution in [0, 0.1) is 10.1 Å². The standard InChI is InChI=1S/C16H15ClN4O4/c17-14-2-1-11(21(23)24)9-13(14)16(22)20-7-3-12(4-8-20)25-15-10-18-5-6-19-15/h1-2,5-6,9-10,12H,3-4,7-8H2. The number of non-ortho nitro benzene ring substituents is 1. The molecule has 1 aliphatic heterocycles. The van der Waals surface area contributed by atoms with E-state index in [1.54, 1.807) is 23.5 Å². The van der Waals surface area contributed by atoms with E-state index in [-0.39, 0.29) is 28.3 Å². The molecule has 1 saturated heterocycles. The van der Waals surface area contributed by atoms with Gasteiger partial charge in [0.2, 0.25) is 5.88 Å². The van der Waals surface area contributed by atoms with Crippen LogP contribution in [0.4, 0.5) is 5.69 Å². The summed E-state index contributed by atoms with van der Waals surface area (Å²) in [4.78, 5) is 32.6. The number of likely N-dealkylation sites (tertiary alicyclic amines) is 1. The van der Waals surface area contributed by atoms with E-state index in [9.17, 15) is 14.9 Å². The molecule has 1 aromatic heterocycles. The summed E-state index contributed by atoms with van der Waals surface area (Å²) in [6, 6.07) is 3.86. The van der Waals surface area contributed by atoms with Gasteiger partial charge in [0.25, 0.3) is 11.6 Å². The first-order valence-electron chi connectivity index (χ1n) is 7.70. The third kappa shape index (κ3) is 4.03. The molecule has 0 saturated carbocycles. The van der Waals surface area contributed by atoms with Crippen LogP contribution in [-0.4, -0.2) is 44.9 Å². The number of nitro groups is 1. The minimum atomic E-state index is -0.548. The number of aromatic nitrogens is 2. The predicted molar refractivity (Wildman–Crippen MR) is 89.7 cm³/mol. The summed E-state index contributed by atoms with van der Waals surface area (Å²) in [6.07, 6.45) is 5.88. The molecule has 1 amide bonds. The van der Waals surface area contributed by atoms with Gasteiger partial charge in [-0.2, -0.15) is 0 Å². The van der Waals surface area contributed by atoms with Crippen molar-refractivity contribution in [3.05, 3.63) is 57.5 Å². The second-order valence-corrected chi connectivity index (χ2v) is 5.98. The van der Waals surface area contributed by atoms with Gasteiger partial charge >= 0.3 is 0 Å². The van der Waals surface area contributed by atoms with E-state index in [0.717, 1.165) is 0 Å². The molecular weight excluding hydrogens is 348 g/mol. The molecule has 1 aromatic carbocycles. The van der Waals surface area contributed by atoms with Crippen LogP contribution in [-0.2, 0) is 0 Å². The molecule has 8 nitrogen and oxygen atoms in total. The molecule has 1 aliphatic rings. The monoisotopic (exact) mass is 362 g/mol. The van der Waals surface area contributed by atoms with Gasteiger partial charge in [-0.15, -0.1) is 0 Å². The highest BCUT2D eigenvalue weighted by Crippen LogP contribution is 2.25. The quantitative estimate of drug-likeness (QED) is 0.612. The van der Waals surface area contributed by atoms with E-state index in [0.29, 0.717) is 31.8 Å². The number of nitrogens with zero attached hydrogens (tertiary/aromatic N) is 4. The molecule has 0 unspecified atom stereocenters. The van der Waals surface area contributed by atoms with Crippen LogP contribution < -0.4 is 4.74 Å². The number of carbonyl (C=O) groups excluding carboxylic acids is 1. The SMILES string of the molecule is O=C(c1cc([N+](=O)[O-])ccc1Cl)N1CCC(Oc2cnccn2)CC1. The third-order valence-electron chi connectivity index (χ3n) is 3.95. The number of ether oxygens (including phenoxy) is 1. The molecule has 0 radical (unpaired) electrons. The Hall–Kier alpha value is -2.74. The number of amides is 1. The van der Waals surface area contributed by atoms with Crippen molar-refractivity contribution in [1.82, 2.24) is 14.9 Å². The van der Waals surface area contributed by atoms with Crippen molar-refractivity contribution in [3.8, 4) is 5.88 Å². The number of rotatable bonds is 4. The lowest BCUT2D eigenvalue weighted by Gasteiger charge is -2.32. The second-order valence-electron chi connectivity index (χ2n) is 5.57. The molecule has 0 N–H and O–H groups in total. The number of hydrogen-bond acceptors (Lipinski definition) is 6. The van der Waals surface area contributed by atoms with Crippen molar-refractivity contribution in [2.24, 2.45) is 0 Å². The Balaban J connectivity index is 1.64. The van der Waals surface area contributed by atoms with Gasteiger partial charge in [-0.1, -0.05) is 11.6 Å². The topological polar surface area (TPSA) is 98.5 Å². The summed E-state index contributed by atoms with van der Waals surface area (Å²) < 4.78 is 5.74. The number of hydrogen-bond donors (Lipinski definition) is 0. The molecule has 0 aliphatic carbocycles. The number of carbonyl (C=O) groups is 1. The fraction of sp³-hybridized carbons (Fsp3) is 0.312. The lowest BCUT2D eigenvalue weighted by Crippen LogP contribution is -2.42. The van der Waals surface area contributed by atoms with Gasteiger partial charge in [0, 0.05) is 50.5 Å². The van der Waals surface area contributed by atoms with E-state index < -0.39 is 4.92 Å². The maximum Gasteiger partial charge on any atom is 0.270 e. The predicted octanol–water partition coefficient (Wildman–Crippen LogP) is 2.72. The third-order valence-corrected chi connectivity index (χ3v) is 4.28. The Kier molecular flexibility index (Phi) is 5.08. The second kappa shape index (κ2) is 7.43. The lowest BCUT2D eigenvalue weighted by molar-refractivity contribution is -0.384. The van der Waals surface area contributed by atoms with Crippen molar-refractivity contribution in [1.29, 1.82) is 0 Å². The van der Waals surface area contributed by atoms with Crippen LogP contribution in [0.2, 0.25) is 5.02 Å². The van der Waals surface area contributed by atoms with Crippen LogP contribution in [0.5, 0.6) is 5.88 Å². The van der Waals surface area contributed by atoms with E-state index in [4.69, 9.17) is 16.3 Å². The summed E-state index contributed by atoms with van der Waals surface area (Å²) in [5.41, 5.74) is -0.0159. The van der Waals surface area contributed by atoms with Crippen molar-refractivity contribution in [3.63, 3.8) is 0 Å². The maximum atomic E-state index is 12.6. The zero-order valence-corrected chi connectivity index (χ0v) is 13.9. The molecule has 0 bridgehead atoms. The van der Waals surface area contributed by atoms with Gasteiger partial charge in [-0.25, -0.2) is 4.98 Å². The normalized spacial score (nSPS) is 15.0. The summed E-state index contributed by atoms with van der Waals surface area (Å²) >= 11 is 6.04. The minimum Gasteiger partial charge on any atom is -0.473 e. The highest BCUT2D eigenvalue weighted by molar-refractivity contribution is 6.33. The lowest BCUT2D eigenvalue weighted by atomic mass is 10.1. The van der Waals surface area contributed by atoms with Crippen molar-refractivity contribution >= 4 is 23.2 Å². The molecule has 2 heterocycles. The largest absolute Gasteiger partial charge is 0.473 e. The first-order chi connectivity index (χ1) is 12.0. The molecule has 2 aromatic rings. The van der Waals surface area contributed by atoms with Crippen LogP contribution >= 0.6 is 11.6 Å². The summed E-state index contributed by atoms with van der Waals surface area (Å²) in [5, 5.41) is 11.1. The summed E-state index contributed by atoms with van der Waals surface area (Å²) in [5.74, 6) is 0.139. The Bertz CT molecular complexity index is 779. The summed E-state index contributed by atoms with van der Waals surface area (Å²) in [6.45, 7) is 0.950. The first kappa shape index (κ1) is 17.1. The smallest absolute Gasteiger partial charge is 0.270 e. The van der Waals surface area contributed by atoms with E-state index in [1.165, 1.54) is 18.2 Å². The average Bonchev–Trinajstić information content (AvgIpc) is 2.63. The minimum absolute atomic E-state index is 0.0543. The molecule has 0 spiro atoms. The van der Waals surface area contributed by atoms with Crippen molar-refractivity contribution in [2.45, 2.75) is 18.9 Å². The highest BCUT2D eigenvalue weighted by Gasteiger charge is 2.27. The Labute approximate surface area is 148 Å². The van der Waals surface area contributed by atoms with Crippen molar-refractivity contribution < 1.29 is 14.5 Å². The van der Waals surface area contributed by atoms with Gasteiger partial charge in [0.1, 0.15) is 6.10 Å². The molecular formula is C16H15ClN4O4. The zero-order valence-electron chi connectivity index (χ0n) is 13.2. The van der Waals surface area contributed by atoms with Gasteiger partial charge in [-0.05, 0) is 6.07 Å². The molecule has 25 heavy (non-hydrogen) atoms. The number of benzene rings is 1. The molecule has 9 heteroatoms. The van der Waals surface area contributed by atoms with Crippen molar-refractivity contribution in [2.75, 3.05) is 13.1 Å². The number of piperidine rings is 1. The Morgan fingerprint density at radius 1 is 1.32 bits per heavy atom. The van der Waals surface area contributed by atoms with Gasteiger partial charge in [0.15, 0.2) is 0 Å². The van der Waals surface area contributed by atoms with Crippen LogP contribution in [0.3, 0.4) is 0 Å². The molecule has 1 fully saturated rings.